The molecule has 7 heteroatoms. The largest absolute Gasteiger partial charge is 0.452 e. The number of hydrogen-bond donors (Lipinski definition) is 0. The van der Waals surface area contributed by atoms with Crippen molar-refractivity contribution in [3.05, 3.63) is 81.7 Å². The summed E-state index contributed by atoms with van der Waals surface area (Å²) < 4.78 is 35.5. The molecule has 4 rings (SSSR count). The lowest BCUT2D eigenvalue weighted by Crippen LogP contribution is -2.09. The monoisotopic (exact) mass is 398 g/mol. The molecule has 0 N–H and O–H groups in total. The maximum Gasteiger partial charge on any atom is 0.339 e. The molecule has 0 saturated carbocycles. The minimum atomic E-state index is -3.96. The number of carbonyl (C=O) groups excluding carboxylic acids is 1. The van der Waals surface area contributed by atoms with Gasteiger partial charge < -0.3 is 8.92 Å². The van der Waals surface area contributed by atoms with Gasteiger partial charge in [0.05, 0.1) is 5.56 Å². The van der Waals surface area contributed by atoms with Gasteiger partial charge in [0, 0.05) is 17.0 Å². The first-order valence-electron chi connectivity index (χ1n) is 8.06. The molecule has 0 atom stereocenters. The highest BCUT2D eigenvalue weighted by molar-refractivity contribution is 7.87. The number of thiophene rings is 1. The third-order valence-electron chi connectivity index (χ3n) is 4.04. The molecule has 3 aromatic rings. The van der Waals surface area contributed by atoms with Crippen LogP contribution in [-0.2, 0) is 10.1 Å². The lowest BCUT2D eigenvalue weighted by atomic mass is 10.1. The van der Waals surface area contributed by atoms with Crippen molar-refractivity contribution in [2.75, 3.05) is 0 Å². The molecule has 0 amide bonds. The number of allylic oxidation sites excluding steroid dienone is 1. The summed E-state index contributed by atoms with van der Waals surface area (Å²) in [6.07, 6.45) is 1.70. The summed E-state index contributed by atoms with van der Waals surface area (Å²) >= 11 is 1.51. The molecule has 5 nitrogen and oxygen atoms in total. The molecule has 0 spiro atoms. The van der Waals surface area contributed by atoms with Crippen LogP contribution in [0.4, 0.5) is 0 Å². The van der Waals surface area contributed by atoms with E-state index < -0.39 is 10.1 Å². The normalized spacial score (nSPS) is 14.9. The van der Waals surface area contributed by atoms with Crippen LogP contribution < -0.4 is 8.92 Å². The van der Waals surface area contributed by atoms with E-state index in [1.807, 2.05) is 18.4 Å². The van der Waals surface area contributed by atoms with Crippen LogP contribution in [0.2, 0.25) is 0 Å². The van der Waals surface area contributed by atoms with Crippen LogP contribution in [-0.4, -0.2) is 14.2 Å². The molecule has 0 saturated heterocycles. The predicted octanol–water partition coefficient (Wildman–Crippen LogP) is 4.44. The van der Waals surface area contributed by atoms with E-state index in [0.29, 0.717) is 5.56 Å². The molecular weight excluding hydrogens is 384 g/mol. The van der Waals surface area contributed by atoms with Crippen molar-refractivity contribution < 1.29 is 22.1 Å². The molecule has 0 aliphatic carbocycles. The molecule has 2 heterocycles. The number of Topliss-reactive ketones (excluding diaryl/α,β-unsaturated/α-hetero) is 1. The Kier molecular flexibility index (Phi) is 4.33. The zero-order valence-electron chi connectivity index (χ0n) is 14.2. The standard InChI is InChI=1S/C20H14O5S2/c1-13-9-10-26-19(13)12-18-20(21)16-8-7-14(11-17(16)24-18)25-27(22,23)15-5-3-2-4-6-15/h2-12H,1H3. The third kappa shape index (κ3) is 3.39. The van der Waals surface area contributed by atoms with Gasteiger partial charge in [-0.25, -0.2) is 0 Å². The van der Waals surface area contributed by atoms with E-state index >= 15 is 0 Å². The van der Waals surface area contributed by atoms with E-state index in [-0.39, 0.29) is 27.9 Å². The van der Waals surface area contributed by atoms with Crippen molar-refractivity contribution in [3.63, 3.8) is 0 Å². The molecule has 136 valence electrons. The molecule has 0 bridgehead atoms. The average Bonchev–Trinajstić information content (AvgIpc) is 3.19. The maximum absolute atomic E-state index is 12.5. The smallest absolute Gasteiger partial charge is 0.339 e. The first-order chi connectivity index (χ1) is 12.9. The molecular formula is C20H14O5S2. The molecule has 27 heavy (non-hydrogen) atoms. The number of benzene rings is 2. The Labute approximate surface area is 160 Å². The first kappa shape index (κ1) is 17.5. The van der Waals surface area contributed by atoms with Crippen LogP contribution in [0.15, 0.2) is 70.6 Å². The maximum atomic E-state index is 12.5. The van der Waals surface area contributed by atoms with Crippen molar-refractivity contribution >= 4 is 33.3 Å². The lowest BCUT2D eigenvalue weighted by Gasteiger charge is -2.07. The van der Waals surface area contributed by atoms with Gasteiger partial charge in [-0.05, 0) is 48.2 Å². The van der Waals surface area contributed by atoms with Gasteiger partial charge in [-0.1, -0.05) is 18.2 Å². The fourth-order valence-electron chi connectivity index (χ4n) is 2.63. The number of carbonyl (C=O) groups is 1. The van der Waals surface area contributed by atoms with Crippen molar-refractivity contribution in [2.45, 2.75) is 11.8 Å². The second kappa shape index (κ2) is 6.68. The lowest BCUT2D eigenvalue weighted by molar-refractivity contribution is 0.101. The minimum absolute atomic E-state index is 0.0521. The van der Waals surface area contributed by atoms with Gasteiger partial charge >= 0.3 is 10.1 Å². The Hall–Kier alpha value is -2.90. The SMILES string of the molecule is Cc1ccsc1C=C1Oc2cc(OS(=O)(=O)c3ccccc3)ccc2C1=O. The fourth-order valence-corrected chi connectivity index (χ4v) is 4.42. The van der Waals surface area contributed by atoms with Crippen molar-refractivity contribution in [1.82, 2.24) is 0 Å². The van der Waals surface area contributed by atoms with E-state index in [0.717, 1.165) is 10.4 Å². The summed E-state index contributed by atoms with van der Waals surface area (Å²) in [6.45, 7) is 1.95. The zero-order chi connectivity index (χ0) is 19.0. The number of ether oxygens (including phenoxy) is 1. The molecule has 1 aliphatic heterocycles. The van der Waals surface area contributed by atoms with Crippen LogP contribution in [0.1, 0.15) is 20.8 Å². The van der Waals surface area contributed by atoms with E-state index in [1.165, 1.54) is 41.7 Å². The van der Waals surface area contributed by atoms with Crippen LogP contribution in [0.5, 0.6) is 11.5 Å². The van der Waals surface area contributed by atoms with Crippen LogP contribution in [0, 0.1) is 6.92 Å². The van der Waals surface area contributed by atoms with Gasteiger partial charge in [0.25, 0.3) is 0 Å². The summed E-state index contributed by atoms with van der Waals surface area (Å²) in [7, 11) is -3.96. The Morgan fingerprint density at radius 2 is 1.85 bits per heavy atom. The van der Waals surface area contributed by atoms with Gasteiger partial charge in [-0.3, -0.25) is 4.79 Å². The summed E-state index contributed by atoms with van der Waals surface area (Å²) in [5, 5.41) is 1.94. The average molecular weight is 398 g/mol. The Morgan fingerprint density at radius 3 is 2.56 bits per heavy atom. The summed E-state index contributed by atoms with van der Waals surface area (Å²) in [6, 6.07) is 14.2. The summed E-state index contributed by atoms with van der Waals surface area (Å²) in [5.74, 6) is 0.328. The van der Waals surface area contributed by atoms with Gasteiger partial charge in [-0.2, -0.15) is 8.42 Å². The second-order valence-electron chi connectivity index (χ2n) is 5.92. The van der Waals surface area contributed by atoms with Crippen molar-refractivity contribution in [2.24, 2.45) is 0 Å². The van der Waals surface area contributed by atoms with Crippen LogP contribution in [0.25, 0.3) is 6.08 Å². The highest BCUT2D eigenvalue weighted by atomic mass is 32.2. The topological polar surface area (TPSA) is 69.7 Å². The molecule has 2 aromatic carbocycles. The predicted molar refractivity (Wildman–Crippen MR) is 103 cm³/mol. The zero-order valence-corrected chi connectivity index (χ0v) is 15.8. The van der Waals surface area contributed by atoms with Gasteiger partial charge in [-0.15, -0.1) is 11.3 Å². The molecule has 0 unspecified atom stereocenters. The van der Waals surface area contributed by atoms with Gasteiger partial charge in [0.2, 0.25) is 5.78 Å². The number of rotatable bonds is 4. The number of hydrogen-bond acceptors (Lipinski definition) is 6. The fraction of sp³-hybridized carbons (Fsp3) is 0.0500. The summed E-state index contributed by atoms with van der Waals surface area (Å²) in [4.78, 5) is 13.5. The van der Waals surface area contributed by atoms with E-state index in [4.69, 9.17) is 8.92 Å². The highest BCUT2D eigenvalue weighted by Crippen LogP contribution is 2.36. The third-order valence-corrected chi connectivity index (χ3v) is 6.27. The number of aryl methyl sites for hydroxylation is 1. The van der Waals surface area contributed by atoms with Crippen LogP contribution >= 0.6 is 11.3 Å². The quantitative estimate of drug-likeness (QED) is 0.480. The Balaban J connectivity index is 1.62. The molecule has 1 aromatic heterocycles. The molecule has 0 radical (unpaired) electrons. The number of fused-ring (bicyclic) bond motifs is 1. The second-order valence-corrected chi connectivity index (χ2v) is 8.41. The Morgan fingerprint density at radius 1 is 1.07 bits per heavy atom. The van der Waals surface area contributed by atoms with E-state index in [2.05, 4.69) is 0 Å². The van der Waals surface area contributed by atoms with E-state index in [1.54, 1.807) is 24.3 Å². The summed E-state index contributed by atoms with van der Waals surface area (Å²) in [5.41, 5.74) is 1.43. The van der Waals surface area contributed by atoms with E-state index in [9.17, 15) is 13.2 Å². The minimum Gasteiger partial charge on any atom is -0.452 e. The van der Waals surface area contributed by atoms with Gasteiger partial charge in [0.15, 0.2) is 5.76 Å². The Bertz CT molecular complexity index is 1160. The van der Waals surface area contributed by atoms with Crippen molar-refractivity contribution in [1.29, 1.82) is 0 Å². The first-order valence-corrected chi connectivity index (χ1v) is 10.3. The molecule has 1 aliphatic rings. The highest BCUT2D eigenvalue weighted by Gasteiger charge is 2.29. The molecule has 0 fully saturated rings. The van der Waals surface area contributed by atoms with Crippen molar-refractivity contribution in [3.8, 4) is 11.5 Å². The number of ketones is 1. The van der Waals surface area contributed by atoms with Gasteiger partial charge in [0.1, 0.15) is 16.4 Å². The van der Waals surface area contributed by atoms with Crippen LogP contribution in [0.3, 0.4) is 0 Å².